The van der Waals surface area contributed by atoms with Crippen LogP contribution in [-0.2, 0) is 9.53 Å². The Morgan fingerprint density at radius 1 is 1.30 bits per heavy atom. The second-order valence-electron chi connectivity index (χ2n) is 4.41. The van der Waals surface area contributed by atoms with E-state index in [1.54, 1.807) is 0 Å². The lowest BCUT2D eigenvalue weighted by atomic mass is 10.3. The maximum absolute atomic E-state index is 12.9. The highest BCUT2D eigenvalue weighted by Crippen LogP contribution is 2.27. The molecule has 5 nitrogen and oxygen atoms in total. The van der Waals surface area contributed by atoms with E-state index in [1.165, 1.54) is 25.1 Å². The monoisotopic (exact) mass is 372 g/mol. The fraction of sp³-hybridized carbons (Fsp3) is 0.385. The third kappa shape index (κ3) is 5.47. The van der Waals surface area contributed by atoms with Crippen molar-refractivity contribution in [1.29, 1.82) is 0 Å². The Hall–Kier alpha value is -1.67. The summed E-state index contributed by atoms with van der Waals surface area (Å²) in [6, 6.07) is 2.88. The molecule has 0 radical (unpaired) electrons. The van der Waals surface area contributed by atoms with Gasteiger partial charge in [-0.1, -0.05) is 30.1 Å². The van der Waals surface area contributed by atoms with Crippen LogP contribution >= 0.6 is 23.2 Å². The molecular weight excluding hydrogens is 360 g/mol. The Kier molecular flexibility index (Phi) is 6.52. The van der Waals surface area contributed by atoms with Crippen LogP contribution in [0.1, 0.15) is 13.3 Å². The summed E-state index contributed by atoms with van der Waals surface area (Å²) < 4.78 is 43.1. The highest BCUT2D eigenvalue weighted by Gasteiger charge is 2.47. The first-order valence-corrected chi connectivity index (χ1v) is 7.07. The number of hydrogen-bond acceptors (Lipinski definition) is 3. The summed E-state index contributed by atoms with van der Waals surface area (Å²) in [4.78, 5) is 23.3. The van der Waals surface area contributed by atoms with Crippen LogP contribution in [-0.4, -0.2) is 36.4 Å². The van der Waals surface area contributed by atoms with Crippen molar-refractivity contribution < 1.29 is 27.5 Å². The maximum atomic E-state index is 12.9. The highest BCUT2D eigenvalue weighted by molar-refractivity contribution is 6.42. The third-order valence-electron chi connectivity index (χ3n) is 2.65. The molecule has 2 amide bonds. The van der Waals surface area contributed by atoms with E-state index in [2.05, 4.69) is 10.1 Å². The molecule has 0 spiro atoms. The van der Waals surface area contributed by atoms with E-state index in [9.17, 15) is 22.8 Å². The van der Waals surface area contributed by atoms with Crippen LogP contribution in [0.2, 0.25) is 10.0 Å². The first-order chi connectivity index (χ1) is 10.6. The number of rotatable bonds is 4. The number of urea groups is 1. The van der Waals surface area contributed by atoms with Gasteiger partial charge in [0, 0.05) is 19.2 Å². The fourth-order valence-corrected chi connectivity index (χ4v) is 1.76. The zero-order chi connectivity index (χ0) is 17.8. The van der Waals surface area contributed by atoms with Crippen LogP contribution in [0.3, 0.4) is 0 Å². The normalized spacial score (nSPS) is 12.5. The molecule has 1 atom stereocenters. The van der Waals surface area contributed by atoms with Crippen LogP contribution in [0.5, 0.6) is 0 Å². The van der Waals surface area contributed by atoms with Crippen molar-refractivity contribution >= 4 is 40.9 Å². The number of carbonyl (C=O) groups is 2. The lowest BCUT2D eigenvalue weighted by Crippen LogP contribution is -2.50. The minimum absolute atomic E-state index is 0.122. The van der Waals surface area contributed by atoms with Gasteiger partial charge in [-0.25, -0.2) is 4.79 Å². The van der Waals surface area contributed by atoms with Gasteiger partial charge >= 0.3 is 18.2 Å². The fourth-order valence-electron chi connectivity index (χ4n) is 1.47. The maximum Gasteiger partial charge on any atom is 0.445 e. The molecule has 1 aromatic rings. The Morgan fingerprint density at radius 2 is 1.91 bits per heavy atom. The zero-order valence-corrected chi connectivity index (χ0v) is 13.6. The first-order valence-electron chi connectivity index (χ1n) is 6.31. The average Bonchev–Trinajstić information content (AvgIpc) is 2.46. The lowest BCUT2D eigenvalue weighted by Gasteiger charge is -2.29. The van der Waals surface area contributed by atoms with Crippen molar-refractivity contribution in [3.8, 4) is 0 Å². The number of halogens is 5. The molecule has 10 heteroatoms. The minimum atomic E-state index is -4.94. The standard InChI is InChI=1S/C13H13Cl2F3N2O3/c1-3-10(21)23-11(13(16,17)18)20(2)12(22)19-7-4-5-8(14)9(15)6-7/h4-6,11H,3H2,1-2H3,(H,19,22). The number of carbonyl (C=O) groups excluding carboxylic acids is 2. The number of hydrogen-bond donors (Lipinski definition) is 1. The smallest absolute Gasteiger partial charge is 0.431 e. The number of alkyl halides is 3. The summed E-state index contributed by atoms with van der Waals surface area (Å²) in [6.07, 6.45) is -7.89. The molecule has 0 bridgehead atoms. The Balaban J connectivity index is 2.89. The van der Waals surface area contributed by atoms with Crippen molar-refractivity contribution in [3.05, 3.63) is 28.2 Å². The summed E-state index contributed by atoms with van der Waals surface area (Å²) in [5.74, 6) is -1.08. The van der Waals surface area contributed by atoms with Gasteiger partial charge in [0.05, 0.1) is 10.0 Å². The molecule has 1 aromatic carbocycles. The van der Waals surface area contributed by atoms with Gasteiger partial charge in [-0.2, -0.15) is 13.2 Å². The second-order valence-corrected chi connectivity index (χ2v) is 5.22. The molecule has 0 saturated carbocycles. The number of anilines is 1. The molecule has 0 saturated heterocycles. The molecule has 0 aliphatic rings. The number of nitrogens with one attached hydrogen (secondary N) is 1. The third-order valence-corrected chi connectivity index (χ3v) is 3.39. The summed E-state index contributed by atoms with van der Waals surface area (Å²) in [7, 11) is 0.855. The van der Waals surface area contributed by atoms with Crippen LogP contribution < -0.4 is 5.32 Å². The van der Waals surface area contributed by atoms with E-state index in [0.29, 0.717) is 0 Å². The quantitative estimate of drug-likeness (QED) is 0.633. The van der Waals surface area contributed by atoms with Crippen LogP contribution in [0.15, 0.2) is 18.2 Å². The summed E-state index contributed by atoms with van der Waals surface area (Å²) in [6.45, 7) is 1.34. The van der Waals surface area contributed by atoms with E-state index in [-0.39, 0.29) is 27.1 Å². The predicted octanol–water partition coefficient (Wildman–Crippen LogP) is 4.30. The predicted molar refractivity (Wildman–Crippen MR) is 79.5 cm³/mol. The molecule has 0 heterocycles. The van der Waals surface area contributed by atoms with E-state index >= 15 is 0 Å². The van der Waals surface area contributed by atoms with Crippen LogP contribution in [0, 0.1) is 0 Å². The molecule has 0 fully saturated rings. The Bertz CT molecular complexity index is 596. The van der Waals surface area contributed by atoms with Crippen molar-refractivity contribution in [2.24, 2.45) is 0 Å². The number of esters is 1. The van der Waals surface area contributed by atoms with E-state index in [4.69, 9.17) is 23.2 Å². The summed E-state index contributed by atoms with van der Waals surface area (Å²) >= 11 is 11.5. The topological polar surface area (TPSA) is 58.6 Å². The van der Waals surface area contributed by atoms with Gasteiger partial charge in [0.2, 0.25) is 0 Å². The van der Waals surface area contributed by atoms with Crippen molar-refractivity contribution in [2.75, 3.05) is 12.4 Å². The van der Waals surface area contributed by atoms with Gasteiger partial charge in [0.15, 0.2) is 0 Å². The van der Waals surface area contributed by atoms with Crippen LogP contribution in [0.25, 0.3) is 0 Å². The molecule has 128 valence electrons. The van der Waals surface area contributed by atoms with E-state index < -0.39 is 24.4 Å². The van der Waals surface area contributed by atoms with Gasteiger partial charge in [0.25, 0.3) is 6.23 Å². The summed E-state index contributed by atoms with van der Waals surface area (Å²) in [5, 5.41) is 2.55. The van der Waals surface area contributed by atoms with E-state index in [1.807, 2.05) is 0 Å². The highest BCUT2D eigenvalue weighted by atomic mass is 35.5. The molecular formula is C13H13Cl2F3N2O3. The molecule has 1 rings (SSSR count). The molecule has 1 unspecified atom stereocenters. The number of amides is 2. The number of ether oxygens (including phenoxy) is 1. The number of nitrogens with zero attached hydrogens (tertiary/aromatic N) is 1. The largest absolute Gasteiger partial charge is 0.445 e. The Morgan fingerprint density at radius 3 is 2.39 bits per heavy atom. The molecule has 0 aromatic heterocycles. The van der Waals surface area contributed by atoms with Gasteiger partial charge in [-0.3, -0.25) is 9.69 Å². The van der Waals surface area contributed by atoms with Crippen molar-refractivity contribution in [3.63, 3.8) is 0 Å². The second kappa shape index (κ2) is 7.74. The lowest BCUT2D eigenvalue weighted by molar-refractivity contribution is -0.248. The van der Waals surface area contributed by atoms with Gasteiger partial charge < -0.3 is 10.1 Å². The van der Waals surface area contributed by atoms with E-state index in [0.717, 1.165) is 7.05 Å². The van der Waals surface area contributed by atoms with Gasteiger partial charge in [-0.05, 0) is 18.2 Å². The minimum Gasteiger partial charge on any atom is -0.431 e. The average molecular weight is 373 g/mol. The molecule has 23 heavy (non-hydrogen) atoms. The SMILES string of the molecule is CCC(=O)OC(N(C)C(=O)Nc1ccc(Cl)c(Cl)c1)C(F)(F)F. The van der Waals surface area contributed by atoms with Gasteiger partial charge in [-0.15, -0.1) is 0 Å². The van der Waals surface area contributed by atoms with Crippen LogP contribution in [0.4, 0.5) is 23.7 Å². The Labute approximate surface area is 140 Å². The van der Waals surface area contributed by atoms with Crippen molar-refractivity contribution in [2.45, 2.75) is 25.7 Å². The molecule has 1 N–H and O–H groups in total. The van der Waals surface area contributed by atoms with Gasteiger partial charge in [0.1, 0.15) is 0 Å². The van der Waals surface area contributed by atoms with Crippen molar-refractivity contribution in [1.82, 2.24) is 4.90 Å². The first kappa shape index (κ1) is 19.4. The number of benzene rings is 1. The molecule has 0 aliphatic heterocycles. The zero-order valence-electron chi connectivity index (χ0n) is 12.1. The molecule has 0 aliphatic carbocycles. The summed E-state index contributed by atoms with van der Waals surface area (Å²) in [5.41, 5.74) is 0.138.